The normalized spacial score (nSPS) is 11.5. The van der Waals surface area contributed by atoms with Gasteiger partial charge >= 0.3 is 12.1 Å². The molecule has 0 unspecified atom stereocenters. The van der Waals surface area contributed by atoms with Crippen LogP contribution < -0.4 is 10.9 Å². The van der Waals surface area contributed by atoms with Gasteiger partial charge in [0.05, 0.1) is 22.9 Å². The van der Waals surface area contributed by atoms with Gasteiger partial charge < -0.3 is 10.4 Å². The summed E-state index contributed by atoms with van der Waals surface area (Å²) in [4.78, 5) is 40.5. The van der Waals surface area contributed by atoms with Crippen molar-refractivity contribution >= 4 is 22.8 Å². The zero-order valence-corrected chi connectivity index (χ0v) is 16.1. The number of hydrogen-bond acceptors (Lipinski definition) is 4. The van der Waals surface area contributed by atoms with E-state index < -0.39 is 35.7 Å². The summed E-state index contributed by atoms with van der Waals surface area (Å²) in [6.07, 6.45) is -4.75. The van der Waals surface area contributed by atoms with Crippen LogP contribution in [0.2, 0.25) is 0 Å². The molecule has 0 fully saturated rings. The maximum absolute atomic E-state index is 12.8. The number of aromatic nitrogens is 2. The first-order valence-electron chi connectivity index (χ1n) is 9.28. The number of aliphatic carboxylic acids is 1. The molecule has 2 aromatic carbocycles. The second-order valence-corrected chi connectivity index (χ2v) is 6.80. The molecule has 0 aliphatic heterocycles. The summed E-state index contributed by atoms with van der Waals surface area (Å²) in [6.45, 7) is -0.427. The van der Waals surface area contributed by atoms with Gasteiger partial charge in [0.15, 0.2) is 0 Å². The third-order valence-corrected chi connectivity index (χ3v) is 4.58. The van der Waals surface area contributed by atoms with Gasteiger partial charge in [-0.3, -0.25) is 19.0 Å². The summed E-state index contributed by atoms with van der Waals surface area (Å²) >= 11 is 0. The molecule has 162 valence electrons. The summed E-state index contributed by atoms with van der Waals surface area (Å²) in [5.41, 5.74) is -0.416. The van der Waals surface area contributed by atoms with Gasteiger partial charge in [-0.05, 0) is 29.8 Å². The Labute approximate surface area is 174 Å². The number of amides is 1. The first kappa shape index (κ1) is 22.0. The van der Waals surface area contributed by atoms with Crippen LogP contribution in [-0.2, 0) is 35.3 Å². The minimum Gasteiger partial charge on any atom is -0.481 e. The molecule has 0 bridgehead atoms. The summed E-state index contributed by atoms with van der Waals surface area (Å²) in [6, 6.07) is 10.9. The van der Waals surface area contributed by atoms with Crippen LogP contribution in [0.5, 0.6) is 0 Å². The number of carboxylic acid groups (broad SMARTS) is 1. The molecule has 7 nitrogen and oxygen atoms in total. The lowest BCUT2D eigenvalue weighted by atomic mass is 10.1. The molecule has 0 atom stereocenters. The number of fused-ring (bicyclic) bond motifs is 1. The van der Waals surface area contributed by atoms with E-state index in [1.807, 2.05) is 0 Å². The molecule has 3 aromatic rings. The van der Waals surface area contributed by atoms with Crippen LogP contribution in [0.25, 0.3) is 10.9 Å². The molecule has 0 aliphatic rings. The predicted octanol–water partition coefficient (Wildman–Crippen LogP) is 2.75. The highest BCUT2D eigenvalue weighted by molar-refractivity contribution is 5.79. The topological polar surface area (TPSA) is 101 Å². The minimum atomic E-state index is -4.45. The van der Waals surface area contributed by atoms with E-state index in [4.69, 9.17) is 5.11 Å². The van der Waals surface area contributed by atoms with Crippen LogP contribution in [0.1, 0.15) is 23.4 Å². The van der Waals surface area contributed by atoms with Crippen molar-refractivity contribution in [1.29, 1.82) is 0 Å². The molecule has 0 radical (unpaired) electrons. The second kappa shape index (κ2) is 8.99. The quantitative estimate of drug-likeness (QED) is 0.597. The van der Waals surface area contributed by atoms with E-state index >= 15 is 0 Å². The van der Waals surface area contributed by atoms with Crippen molar-refractivity contribution in [1.82, 2.24) is 14.9 Å². The van der Waals surface area contributed by atoms with Crippen molar-refractivity contribution in [3.8, 4) is 0 Å². The standard InChI is InChI=1S/C21H18F3N3O4/c22-21(23,24)14-7-5-13(6-8-14)11-25-18(28)12-27-17(9-10-19(29)30)26-16-4-2-1-3-15(16)20(27)31/h1-8H,9-12H2,(H,25,28)(H,29,30). The molecular weight excluding hydrogens is 415 g/mol. The van der Waals surface area contributed by atoms with Gasteiger partial charge in [-0.2, -0.15) is 13.2 Å². The first-order chi connectivity index (χ1) is 14.6. The molecule has 2 N–H and O–H groups in total. The van der Waals surface area contributed by atoms with Gasteiger partial charge in [0.1, 0.15) is 12.4 Å². The number of benzene rings is 2. The fraction of sp³-hybridized carbons (Fsp3) is 0.238. The monoisotopic (exact) mass is 433 g/mol. The molecule has 0 spiro atoms. The largest absolute Gasteiger partial charge is 0.481 e. The van der Waals surface area contributed by atoms with Crippen LogP contribution in [0, 0.1) is 0 Å². The molecule has 0 aliphatic carbocycles. The fourth-order valence-electron chi connectivity index (χ4n) is 3.00. The van der Waals surface area contributed by atoms with Crippen molar-refractivity contribution in [2.24, 2.45) is 0 Å². The van der Waals surface area contributed by atoms with Gasteiger partial charge in [-0.1, -0.05) is 24.3 Å². The first-order valence-corrected chi connectivity index (χ1v) is 9.28. The van der Waals surface area contributed by atoms with Crippen molar-refractivity contribution in [3.05, 3.63) is 75.8 Å². The Hall–Kier alpha value is -3.69. The Kier molecular flexibility index (Phi) is 6.38. The van der Waals surface area contributed by atoms with E-state index in [1.165, 1.54) is 12.1 Å². The number of nitrogens with one attached hydrogen (secondary N) is 1. The Morgan fingerprint density at radius 1 is 1.06 bits per heavy atom. The highest BCUT2D eigenvalue weighted by atomic mass is 19.4. The summed E-state index contributed by atoms with van der Waals surface area (Å²) in [5, 5.41) is 11.8. The van der Waals surface area contributed by atoms with Crippen LogP contribution in [0.4, 0.5) is 13.2 Å². The van der Waals surface area contributed by atoms with Gasteiger partial charge in [0, 0.05) is 13.0 Å². The van der Waals surface area contributed by atoms with E-state index in [-0.39, 0.29) is 30.6 Å². The summed E-state index contributed by atoms with van der Waals surface area (Å²) in [7, 11) is 0. The van der Waals surface area contributed by atoms with E-state index in [1.54, 1.807) is 24.3 Å². The minimum absolute atomic E-state index is 0.0306. The van der Waals surface area contributed by atoms with Crippen molar-refractivity contribution in [2.75, 3.05) is 0 Å². The van der Waals surface area contributed by atoms with Crippen molar-refractivity contribution in [2.45, 2.75) is 32.1 Å². The summed E-state index contributed by atoms with van der Waals surface area (Å²) in [5.74, 6) is -1.47. The van der Waals surface area contributed by atoms with Crippen LogP contribution in [-0.4, -0.2) is 26.5 Å². The Morgan fingerprint density at radius 2 is 1.74 bits per heavy atom. The number of carbonyl (C=O) groups is 2. The number of para-hydroxylation sites is 1. The molecule has 10 heteroatoms. The number of rotatable bonds is 7. The van der Waals surface area contributed by atoms with Crippen molar-refractivity contribution < 1.29 is 27.9 Å². The van der Waals surface area contributed by atoms with Gasteiger partial charge in [-0.25, -0.2) is 4.98 Å². The van der Waals surface area contributed by atoms with Crippen LogP contribution in [0.3, 0.4) is 0 Å². The summed E-state index contributed by atoms with van der Waals surface area (Å²) < 4.78 is 39.0. The van der Waals surface area contributed by atoms with Gasteiger partial charge in [0.2, 0.25) is 5.91 Å². The van der Waals surface area contributed by atoms with Crippen LogP contribution >= 0.6 is 0 Å². The van der Waals surface area contributed by atoms with E-state index in [9.17, 15) is 27.6 Å². The smallest absolute Gasteiger partial charge is 0.416 e. The maximum Gasteiger partial charge on any atom is 0.416 e. The van der Waals surface area contributed by atoms with Gasteiger partial charge in [0.25, 0.3) is 5.56 Å². The zero-order valence-electron chi connectivity index (χ0n) is 16.1. The predicted molar refractivity (Wildman–Crippen MR) is 105 cm³/mol. The van der Waals surface area contributed by atoms with Crippen molar-refractivity contribution in [3.63, 3.8) is 0 Å². The SMILES string of the molecule is O=C(O)CCc1nc2ccccc2c(=O)n1CC(=O)NCc1ccc(C(F)(F)F)cc1. The molecule has 1 aromatic heterocycles. The lowest BCUT2D eigenvalue weighted by Crippen LogP contribution is -2.34. The number of aryl methyl sites for hydroxylation is 1. The molecule has 0 saturated heterocycles. The van der Waals surface area contributed by atoms with E-state index in [2.05, 4.69) is 10.3 Å². The molecular formula is C21H18F3N3O4. The third kappa shape index (κ3) is 5.47. The number of nitrogens with zero attached hydrogens (tertiary/aromatic N) is 2. The number of carbonyl (C=O) groups excluding carboxylic acids is 1. The number of alkyl halides is 3. The number of carboxylic acids is 1. The lowest BCUT2D eigenvalue weighted by Gasteiger charge is -2.13. The average molecular weight is 433 g/mol. The average Bonchev–Trinajstić information content (AvgIpc) is 2.72. The zero-order chi connectivity index (χ0) is 22.6. The number of halogens is 3. The van der Waals surface area contributed by atoms with Crippen LogP contribution in [0.15, 0.2) is 53.3 Å². The lowest BCUT2D eigenvalue weighted by molar-refractivity contribution is -0.138. The highest BCUT2D eigenvalue weighted by Gasteiger charge is 2.29. The molecule has 0 saturated carbocycles. The van der Waals surface area contributed by atoms with E-state index in [0.717, 1.165) is 16.7 Å². The fourth-order valence-corrected chi connectivity index (χ4v) is 3.00. The number of hydrogen-bond donors (Lipinski definition) is 2. The highest BCUT2D eigenvalue weighted by Crippen LogP contribution is 2.29. The Morgan fingerprint density at radius 3 is 2.39 bits per heavy atom. The van der Waals surface area contributed by atoms with E-state index in [0.29, 0.717) is 11.1 Å². The second-order valence-electron chi connectivity index (χ2n) is 6.80. The molecule has 31 heavy (non-hydrogen) atoms. The Bertz CT molecular complexity index is 1170. The van der Waals surface area contributed by atoms with Gasteiger partial charge in [-0.15, -0.1) is 0 Å². The Balaban J connectivity index is 1.77. The molecule has 3 rings (SSSR count). The molecule has 1 heterocycles. The maximum atomic E-state index is 12.8. The molecule has 1 amide bonds. The third-order valence-electron chi connectivity index (χ3n) is 4.58.